The molecule has 0 saturated heterocycles. The summed E-state index contributed by atoms with van der Waals surface area (Å²) in [5, 5.41) is 7.20. The van der Waals surface area contributed by atoms with Gasteiger partial charge in [-0.1, -0.05) is 34.8 Å². The molecule has 0 aromatic rings. The number of hydrogen-bond acceptors (Lipinski definition) is 1. The molecule has 0 saturated carbocycles. The molecule has 0 amide bonds. The molecule has 0 fully saturated rings. The maximum absolute atomic E-state index is 10.00. The first-order valence-corrected chi connectivity index (χ1v) is 3.83. The summed E-state index contributed by atoms with van der Waals surface area (Å²) in [6.07, 6.45) is -0.363. The number of hydrogen-bond donors (Lipinski definition) is 1. The third-order valence-electron chi connectivity index (χ3n) is 0.709. The van der Waals surface area contributed by atoms with Crippen molar-refractivity contribution in [2.75, 3.05) is 0 Å². The standard InChI is InChI=1S/C4H4Cl4O2/c5-2(1-3(9)10)4(6,7)8/h2H,1H2,(H,9,10). The molecule has 0 heterocycles. The second-order valence-electron chi connectivity index (χ2n) is 1.61. The van der Waals surface area contributed by atoms with Crippen LogP contribution in [0.3, 0.4) is 0 Å². The van der Waals surface area contributed by atoms with E-state index in [1.807, 2.05) is 0 Å². The lowest BCUT2D eigenvalue weighted by Gasteiger charge is -2.14. The maximum atomic E-state index is 10.00. The van der Waals surface area contributed by atoms with Gasteiger partial charge in [0.15, 0.2) is 0 Å². The van der Waals surface area contributed by atoms with Gasteiger partial charge in [-0.25, -0.2) is 0 Å². The van der Waals surface area contributed by atoms with E-state index in [1.54, 1.807) is 0 Å². The minimum Gasteiger partial charge on any atom is -0.481 e. The molecule has 0 aromatic carbocycles. The average Bonchev–Trinajstić information content (AvgIpc) is 1.60. The SMILES string of the molecule is O=C(O)CC(Cl)C(Cl)(Cl)Cl. The number of rotatable bonds is 2. The van der Waals surface area contributed by atoms with Crippen LogP contribution in [-0.4, -0.2) is 20.2 Å². The summed E-state index contributed by atoms with van der Waals surface area (Å²) in [4.78, 5) is 10.00. The van der Waals surface area contributed by atoms with Crippen LogP contribution in [0.15, 0.2) is 0 Å². The van der Waals surface area contributed by atoms with E-state index in [0.29, 0.717) is 0 Å². The molecule has 6 heteroatoms. The number of alkyl halides is 4. The summed E-state index contributed by atoms with van der Waals surface area (Å²) in [5.41, 5.74) is 0. The number of halogens is 4. The fourth-order valence-electron chi connectivity index (χ4n) is 0.269. The molecule has 0 aliphatic carbocycles. The minimum atomic E-state index is -1.71. The highest BCUT2D eigenvalue weighted by Crippen LogP contribution is 2.35. The lowest BCUT2D eigenvalue weighted by atomic mass is 10.3. The van der Waals surface area contributed by atoms with E-state index < -0.39 is 15.1 Å². The predicted molar refractivity (Wildman–Crippen MR) is 42.2 cm³/mol. The van der Waals surface area contributed by atoms with Gasteiger partial charge in [-0.05, 0) is 0 Å². The molecule has 0 radical (unpaired) electrons. The van der Waals surface area contributed by atoms with Crippen LogP contribution in [0.1, 0.15) is 6.42 Å². The van der Waals surface area contributed by atoms with Gasteiger partial charge in [0, 0.05) is 0 Å². The van der Waals surface area contributed by atoms with Crippen molar-refractivity contribution in [2.45, 2.75) is 15.6 Å². The van der Waals surface area contributed by atoms with Crippen molar-refractivity contribution in [1.82, 2.24) is 0 Å². The van der Waals surface area contributed by atoms with Crippen molar-refractivity contribution in [2.24, 2.45) is 0 Å². The van der Waals surface area contributed by atoms with E-state index in [4.69, 9.17) is 51.5 Å². The van der Waals surface area contributed by atoms with Crippen LogP contribution >= 0.6 is 46.4 Å². The molecule has 0 aliphatic rings. The summed E-state index contributed by atoms with van der Waals surface area (Å²) in [5.74, 6) is -1.09. The van der Waals surface area contributed by atoms with E-state index in [9.17, 15) is 4.79 Å². The Morgan fingerprint density at radius 3 is 2.00 bits per heavy atom. The molecule has 0 bridgehead atoms. The Hall–Kier alpha value is 0.630. The van der Waals surface area contributed by atoms with Crippen LogP contribution in [0.25, 0.3) is 0 Å². The van der Waals surface area contributed by atoms with Crippen molar-refractivity contribution >= 4 is 52.4 Å². The molecule has 0 aliphatic heterocycles. The van der Waals surface area contributed by atoms with Crippen LogP contribution in [0.2, 0.25) is 0 Å². The molecule has 1 unspecified atom stereocenters. The van der Waals surface area contributed by atoms with E-state index in [2.05, 4.69) is 0 Å². The van der Waals surface area contributed by atoms with Gasteiger partial charge in [-0.15, -0.1) is 11.6 Å². The summed E-state index contributed by atoms with van der Waals surface area (Å²) >= 11 is 21.2. The highest BCUT2D eigenvalue weighted by atomic mass is 35.6. The van der Waals surface area contributed by atoms with Gasteiger partial charge in [0.25, 0.3) is 0 Å². The van der Waals surface area contributed by atoms with E-state index in [1.165, 1.54) is 0 Å². The molecule has 10 heavy (non-hydrogen) atoms. The lowest BCUT2D eigenvalue weighted by molar-refractivity contribution is -0.137. The third-order valence-corrected chi connectivity index (χ3v) is 2.32. The summed E-state index contributed by atoms with van der Waals surface area (Å²) < 4.78 is -1.71. The van der Waals surface area contributed by atoms with E-state index in [0.717, 1.165) is 0 Å². The Morgan fingerprint density at radius 1 is 1.50 bits per heavy atom. The Labute approximate surface area is 78.0 Å². The van der Waals surface area contributed by atoms with Gasteiger partial charge in [0.2, 0.25) is 3.79 Å². The largest absolute Gasteiger partial charge is 0.481 e. The Morgan fingerprint density at radius 2 is 1.90 bits per heavy atom. The number of carboxylic acid groups (broad SMARTS) is 1. The zero-order valence-electron chi connectivity index (χ0n) is 4.65. The van der Waals surface area contributed by atoms with Crippen molar-refractivity contribution < 1.29 is 9.90 Å². The van der Waals surface area contributed by atoms with Crippen molar-refractivity contribution in [3.63, 3.8) is 0 Å². The van der Waals surface area contributed by atoms with Gasteiger partial charge in [0.05, 0.1) is 11.8 Å². The van der Waals surface area contributed by atoms with E-state index in [-0.39, 0.29) is 6.42 Å². The van der Waals surface area contributed by atoms with Gasteiger partial charge in [-0.3, -0.25) is 4.79 Å². The zero-order valence-corrected chi connectivity index (χ0v) is 7.68. The van der Waals surface area contributed by atoms with E-state index >= 15 is 0 Å². The fraction of sp³-hybridized carbons (Fsp3) is 0.750. The minimum absolute atomic E-state index is 0.363. The summed E-state index contributed by atoms with van der Waals surface area (Å²) in [6, 6.07) is 0. The highest BCUT2D eigenvalue weighted by Gasteiger charge is 2.32. The third kappa shape index (κ3) is 4.45. The first-order chi connectivity index (χ1) is 4.34. The Balaban J connectivity index is 3.85. The molecule has 60 valence electrons. The predicted octanol–water partition coefficient (Wildman–Crippen LogP) is 2.44. The Bertz CT molecular complexity index is 130. The fourth-order valence-corrected chi connectivity index (χ4v) is 0.632. The Kier molecular flexibility index (Phi) is 4.10. The molecule has 0 spiro atoms. The average molecular weight is 226 g/mol. The van der Waals surface area contributed by atoms with Crippen LogP contribution < -0.4 is 0 Å². The molecule has 1 atom stereocenters. The van der Waals surface area contributed by atoms with Crippen molar-refractivity contribution in [3.05, 3.63) is 0 Å². The first-order valence-electron chi connectivity index (χ1n) is 2.26. The van der Waals surface area contributed by atoms with Gasteiger partial charge in [0.1, 0.15) is 0 Å². The quantitative estimate of drug-likeness (QED) is 0.734. The van der Waals surface area contributed by atoms with Crippen LogP contribution in [-0.2, 0) is 4.79 Å². The van der Waals surface area contributed by atoms with Gasteiger partial charge < -0.3 is 5.11 Å². The smallest absolute Gasteiger partial charge is 0.305 e. The van der Waals surface area contributed by atoms with Gasteiger partial charge >= 0.3 is 5.97 Å². The number of aliphatic carboxylic acids is 1. The maximum Gasteiger partial charge on any atom is 0.305 e. The second kappa shape index (κ2) is 3.86. The second-order valence-corrected chi connectivity index (χ2v) is 4.50. The van der Waals surface area contributed by atoms with Crippen LogP contribution in [0.5, 0.6) is 0 Å². The lowest BCUT2D eigenvalue weighted by Crippen LogP contribution is -2.22. The molecule has 2 nitrogen and oxygen atoms in total. The van der Waals surface area contributed by atoms with Crippen molar-refractivity contribution in [3.8, 4) is 0 Å². The molecule has 1 N–H and O–H groups in total. The number of carbonyl (C=O) groups is 1. The molecular formula is C4H4Cl4O2. The topological polar surface area (TPSA) is 37.3 Å². The van der Waals surface area contributed by atoms with Gasteiger partial charge in [-0.2, -0.15) is 0 Å². The van der Waals surface area contributed by atoms with Crippen LogP contribution in [0.4, 0.5) is 0 Å². The normalized spacial score (nSPS) is 14.8. The zero-order chi connectivity index (χ0) is 8.36. The molecule has 0 aromatic heterocycles. The molecular weight excluding hydrogens is 222 g/mol. The molecule has 0 rings (SSSR count). The summed E-state index contributed by atoms with van der Waals surface area (Å²) in [7, 11) is 0. The summed E-state index contributed by atoms with van der Waals surface area (Å²) in [6.45, 7) is 0. The monoisotopic (exact) mass is 224 g/mol. The van der Waals surface area contributed by atoms with Crippen molar-refractivity contribution in [1.29, 1.82) is 0 Å². The first kappa shape index (κ1) is 10.6. The van der Waals surface area contributed by atoms with Crippen LogP contribution in [0, 0.1) is 0 Å². The number of carboxylic acids is 1. The highest BCUT2D eigenvalue weighted by molar-refractivity contribution is 6.70.